The first-order valence-electron chi connectivity index (χ1n) is 4.07. The summed E-state index contributed by atoms with van der Waals surface area (Å²) in [7, 11) is 0. The molecule has 0 radical (unpaired) electrons. The van der Waals surface area contributed by atoms with Crippen molar-refractivity contribution >= 4 is 34.2 Å². The van der Waals surface area contributed by atoms with Crippen molar-refractivity contribution < 1.29 is 9.90 Å². The Hall–Kier alpha value is -1.04. The summed E-state index contributed by atoms with van der Waals surface area (Å²) in [6.45, 7) is 0.520. The van der Waals surface area contributed by atoms with Crippen LogP contribution in [0.15, 0.2) is 36.4 Å². The highest BCUT2D eigenvalue weighted by Crippen LogP contribution is 2.11. The molecule has 74 valence electrons. The molecule has 0 aromatic heterocycles. The average Bonchev–Trinajstić information content (AvgIpc) is 2.12. The zero-order valence-corrected chi connectivity index (χ0v) is 9.56. The van der Waals surface area contributed by atoms with Gasteiger partial charge in [-0.3, -0.25) is 0 Å². The minimum Gasteiger partial charge on any atom is -0.478 e. The van der Waals surface area contributed by atoms with Crippen molar-refractivity contribution in [3.8, 4) is 0 Å². The van der Waals surface area contributed by atoms with Crippen LogP contribution in [-0.2, 0) is 4.79 Å². The third-order valence-electron chi connectivity index (χ3n) is 1.51. The second-order valence-corrected chi connectivity index (χ2v) is 3.88. The van der Waals surface area contributed by atoms with Crippen molar-refractivity contribution in [2.24, 2.45) is 0 Å². The molecule has 1 aromatic rings. The molecule has 0 spiro atoms. The SMILES string of the molecule is O=C(O)/C=C/CNc1cccc(I)c1. The molecule has 1 rings (SSSR count). The third-order valence-corrected chi connectivity index (χ3v) is 2.18. The Balaban J connectivity index is 2.42. The number of carbonyl (C=O) groups is 1. The summed E-state index contributed by atoms with van der Waals surface area (Å²) in [6, 6.07) is 7.88. The molecule has 0 heterocycles. The normalized spacial score (nSPS) is 10.4. The topological polar surface area (TPSA) is 49.3 Å². The molecule has 0 atom stereocenters. The molecule has 0 aliphatic heterocycles. The minimum atomic E-state index is -0.922. The van der Waals surface area contributed by atoms with Gasteiger partial charge < -0.3 is 10.4 Å². The second kappa shape index (κ2) is 5.64. The summed E-state index contributed by atoms with van der Waals surface area (Å²) >= 11 is 2.22. The van der Waals surface area contributed by atoms with Crippen molar-refractivity contribution in [3.05, 3.63) is 40.0 Å². The van der Waals surface area contributed by atoms with Gasteiger partial charge in [-0.05, 0) is 40.8 Å². The van der Waals surface area contributed by atoms with Gasteiger partial charge in [0.2, 0.25) is 0 Å². The van der Waals surface area contributed by atoms with Gasteiger partial charge in [0.15, 0.2) is 0 Å². The quantitative estimate of drug-likeness (QED) is 0.663. The lowest BCUT2D eigenvalue weighted by atomic mass is 10.3. The van der Waals surface area contributed by atoms with Gasteiger partial charge in [0.25, 0.3) is 0 Å². The molecule has 2 N–H and O–H groups in total. The molecule has 0 aliphatic carbocycles. The van der Waals surface area contributed by atoms with Gasteiger partial charge in [-0.25, -0.2) is 4.79 Å². The summed E-state index contributed by atoms with van der Waals surface area (Å²) < 4.78 is 1.15. The fraction of sp³-hybridized carbons (Fsp3) is 0.100. The molecule has 0 unspecified atom stereocenters. The summed E-state index contributed by atoms with van der Waals surface area (Å²) in [5, 5.41) is 11.4. The summed E-state index contributed by atoms with van der Waals surface area (Å²) in [6.07, 6.45) is 2.70. The monoisotopic (exact) mass is 303 g/mol. The smallest absolute Gasteiger partial charge is 0.328 e. The van der Waals surface area contributed by atoms with Gasteiger partial charge in [0.1, 0.15) is 0 Å². The van der Waals surface area contributed by atoms with E-state index in [2.05, 4.69) is 27.9 Å². The highest BCUT2D eigenvalue weighted by molar-refractivity contribution is 14.1. The van der Waals surface area contributed by atoms with E-state index >= 15 is 0 Å². The van der Waals surface area contributed by atoms with Crippen LogP contribution >= 0.6 is 22.6 Å². The molecule has 1 aromatic carbocycles. The number of rotatable bonds is 4. The van der Waals surface area contributed by atoms with E-state index in [1.807, 2.05) is 24.3 Å². The van der Waals surface area contributed by atoms with Crippen molar-refractivity contribution in [3.63, 3.8) is 0 Å². The summed E-state index contributed by atoms with van der Waals surface area (Å²) in [5.41, 5.74) is 0.993. The first kappa shape index (κ1) is 11.0. The Bertz CT molecular complexity index is 350. The van der Waals surface area contributed by atoms with Crippen molar-refractivity contribution in [2.75, 3.05) is 11.9 Å². The van der Waals surface area contributed by atoms with Crippen LogP contribution in [0.25, 0.3) is 0 Å². The number of halogens is 1. The Morgan fingerprint density at radius 2 is 2.36 bits per heavy atom. The maximum atomic E-state index is 10.1. The highest BCUT2D eigenvalue weighted by atomic mass is 127. The maximum absolute atomic E-state index is 10.1. The molecule has 0 amide bonds. The van der Waals surface area contributed by atoms with Crippen molar-refractivity contribution in [1.82, 2.24) is 0 Å². The van der Waals surface area contributed by atoms with Gasteiger partial charge in [-0.1, -0.05) is 12.1 Å². The number of hydrogen-bond acceptors (Lipinski definition) is 2. The predicted molar refractivity (Wildman–Crippen MR) is 64.4 cm³/mol. The van der Waals surface area contributed by atoms with E-state index < -0.39 is 5.97 Å². The molecule has 14 heavy (non-hydrogen) atoms. The number of hydrogen-bond donors (Lipinski definition) is 2. The van der Waals surface area contributed by atoms with E-state index in [0.717, 1.165) is 15.3 Å². The lowest BCUT2D eigenvalue weighted by molar-refractivity contribution is -0.131. The third kappa shape index (κ3) is 4.27. The average molecular weight is 303 g/mol. The Labute approximate surface area is 96.0 Å². The number of benzene rings is 1. The lowest BCUT2D eigenvalue weighted by Crippen LogP contribution is -1.99. The molecular formula is C10H10INO2. The van der Waals surface area contributed by atoms with Crippen LogP contribution in [0.4, 0.5) is 5.69 Å². The van der Waals surface area contributed by atoms with E-state index in [1.165, 1.54) is 0 Å². The van der Waals surface area contributed by atoms with Crippen LogP contribution in [0.3, 0.4) is 0 Å². The van der Waals surface area contributed by atoms with Gasteiger partial charge >= 0.3 is 5.97 Å². The van der Waals surface area contributed by atoms with Crippen molar-refractivity contribution in [1.29, 1.82) is 0 Å². The summed E-state index contributed by atoms with van der Waals surface area (Å²) in [4.78, 5) is 10.1. The van der Waals surface area contributed by atoms with Gasteiger partial charge in [0, 0.05) is 21.9 Å². The van der Waals surface area contributed by atoms with E-state index in [1.54, 1.807) is 6.08 Å². The fourth-order valence-corrected chi connectivity index (χ4v) is 1.48. The molecule has 0 aliphatic rings. The Kier molecular flexibility index (Phi) is 4.45. The standard InChI is InChI=1S/C10H10INO2/c11-8-3-1-4-9(7-8)12-6-2-5-10(13)14/h1-5,7,12H,6H2,(H,13,14)/b5-2+. The number of aliphatic carboxylic acids is 1. The van der Waals surface area contributed by atoms with Gasteiger partial charge in [-0.15, -0.1) is 0 Å². The van der Waals surface area contributed by atoms with Crippen LogP contribution in [0.2, 0.25) is 0 Å². The van der Waals surface area contributed by atoms with Crippen LogP contribution in [0.5, 0.6) is 0 Å². The maximum Gasteiger partial charge on any atom is 0.328 e. The van der Waals surface area contributed by atoms with Gasteiger partial charge in [-0.2, -0.15) is 0 Å². The van der Waals surface area contributed by atoms with Crippen molar-refractivity contribution in [2.45, 2.75) is 0 Å². The Morgan fingerprint density at radius 1 is 1.57 bits per heavy atom. The highest BCUT2D eigenvalue weighted by Gasteiger charge is 1.90. The number of nitrogens with one attached hydrogen (secondary N) is 1. The van der Waals surface area contributed by atoms with Gasteiger partial charge in [0.05, 0.1) is 0 Å². The number of anilines is 1. The number of carboxylic acids is 1. The molecule has 4 heteroatoms. The second-order valence-electron chi connectivity index (χ2n) is 2.63. The molecule has 0 fully saturated rings. The summed E-state index contributed by atoms with van der Waals surface area (Å²) in [5.74, 6) is -0.922. The van der Waals surface area contributed by atoms with E-state index in [9.17, 15) is 4.79 Å². The largest absolute Gasteiger partial charge is 0.478 e. The van der Waals surface area contributed by atoms with E-state index in [4.69, 9.17) is 5.11 Å². The van der Waals surface area contributed by atoms with Crippen LogP contribution in [0.1, 0.15) is 0 Å². The lowest BCUT2D eigenvalue weighted by Gasteiger charge is -2.02. The first-order valence-corrected chi connectivity index (χ1v) is 5.15. The molecule has 0 saturated heterocycles. The molecule has 0 saturated carbocycles. The molecular weight excluding hydrogens is 293 g/mol. The fourth-order valence-electron chi connectivity index (χ4n) is 0.935. The molecule has 3 nitrogen and oxygen atoms in total. The zero-order valence-electron chi connectivity index (χ0n) is 7.40. The van der Waals surface area contributed by atoms with Crippen LogP contribution in [0, 0.1) is 3.57 Å². The predicted octanol–water partition coefficient (Wildman–Crippen LogP) is 2.34. The van der Waals surface area contributed by atoms with E-state index in [0.29, 0.717) is 6.54 Å². The first-order chi connectivity index (χ1) is 6.68. The van der Waals surface area contributed by atoms with Crippen LogP contribution < -0.4 is 5.32 Å². The Morgan fingerprint density at radius 3 is 3.00 bits per heavy atom. The zero-order chi connectivity index (χ0) is 10.4. The molecule has 0 bridgehead atoms. The number of carboxylic acid groups (broad SMARTS) is 1. The van der Waals surface area contributed by atoms with Crippen LogP contribution in [-0.4, -0.2) is 17.6 Å². The minimum absolute atomic E-state index is 0.520. The van der Waals surface area contributed by atoms with E-state index in [-0.39, 0.29) is 0 Å².